The average molecular weight is 914 g/mol. The van der Waals surface area contributed by atoms with Crippen molar-refractivity contribution in [3.8, 4) is 11.3 Å². The Morgan fingerprint density at radius 2 is 1.19 bits per heavy atom. The van der Waals surface area contributed by atoms with Crippen molar-refractivity contribution < 1.29 is 33.4 Å². The Balaban J connectivity index is 0.873. The van der Waals surface area contributed by atoms with Crippen LogP contribution in [0.4, 0.5) is 9.59 Å². The van der Waals surface area contributed by atoms with Gasteiger partial charge in [0.25, 0.3) is 5.91 Å². The van der Waals surface area contributed by atoms with E-state index in [1.165, 1.54) is 5.56 Å². The molecule has 0 unspecified atom stereocenters. The number of benzene rings is 3. The normalized spacial score (nSPS) is 23.6. The highest BCUT2D eigenvalue weighted by atomic mass is 16.6. The van der Waals surface area contributed by atoms with Crippen molar-refractivity contribution in [2.45, 2.75) is 147 Å². The van der Waals surface area contributed by atoms with E-state index in [4.69, 9.17) is 14.5 Å². The van der Waals surface area contributed by atoms with E-state index < -0.39 is 40.9 Å². The summed E-state index contributed by atoms with van der Waals surface area (Å²) in [7, 11) is 0. The Kier molecular flexibility index (Phi) is 13.6. The van der Waals surface area contributed by atoms with E-state index in [9.17, 15) is 24.0 Å². The zero-order valence-electron chi connectivity index (χ0n) is 39.9. The molecule has 4 aromatic rings. The van der Waals surface area contributed by atoms with Crippen LogP contribution in [0, 0.1) is 5.41 Å². The number of likely N-dealkylation sites (tertiary alicyclic amines) is 2. The molecule has 3 aliphatic carbocycles. The van der Waals surface area contributed by atoms with Crippen molar-refractivity contribution in [2.24, 2.45) is 5.41 Å². The molecule has 67 heavy (non-hydrogen) atoms. The van der Waals surface area contributed by atoms with Crippen molar-refractivity contribution in [3.63, 3.8) is 0 Å². The van der Waals surface area contributed by atoms with Gasteiger partial charge in [-0.05, 0) is 133 Å². The van der Waals surface area contributed by atoms with Crippen molar-refractivity contribution in [2.75, 3.05) is 19.6 Å². The quantitative estimate of drug-likeness (QED) is 0.109. The number of aromatic nitrogens is 2. The van der Waals surface area contributed by atoms with Crippen molar-refractivity contribution in [1.82, 2.24) is 35.7 Å². The lowest BCUT2D eigenvalue weighted by molar-refractivity contribution is -0.139. The smallest absolute Gasteiger partial charge is 0.408 e. The fourth-order valence-corrected chi connectivity index (χ4v) is 10.7. The van der Waals surface area contributed by atoms with Gasteiger partial charge in [0.15, 0.2) is 0 Å². The Hall–Kier alpha value is -6.18. The maximum Gasteiger partial charge on any atom is 0.408 e. The van der Waals surface area contributed by atoms with Gasteiger partial charge < -0.3 is 40.2 Å². The van der Waals surface area contributed by atoms with Gasteiger partial charge in [0.1, 0.15) is 29.1 Å². The lowest BCUT2D eigenvalue weighted by Crippen LogP contribution is -2.54. The van der Waals surface area contributed by atoms with Crippen LogP contribution in [0.3, 0.4) is 0 Å². The Bertz CT molecular complexity index is 2380. The first-order valence-electron chi connectivity index (χ1n) is 24.1. The summed E-state index contributed by atoms with van der Waals surface area (Å²) in [4.78, 5) is 80.1. The summed E-state index contributed by atoms with van der Waals surface area (Å²) in [6.45, 7) is 12.2. The summed E-state index contributed by atoms with van der Waals surface area (Å²) >= 11 is 0. The van der Waals surface area contributed by atoms with Gasteiger partial charge in [-0.2, -0.15) is 0 Å². The van der Waals surface area contributed by atoms with Crippen molar-refractivity contribution >= 4 is 29.9 Å². The number of hydrogen-bond donors (Lipinski definition) is 4. The van der Waals surface area contributed by atoms with Gasteiger partial charge in [0.05, 0.1) is 17.9 Å². The summed E-state index contributed by atoms with van der Waals surface area (Å²) in [5.74, 6) is 0.370. The van der Waals surface area contributed by atoms with Crippen LogP contribution >= 0.6 is 0 Å². The molecule has 14 nitrogen and oxygen atoms in total. The molecule has 356 valence electrons. The van der Waals surface area contributed by atoms with E-state index in [2.05, 4.69) is 45.2 Å². The lowest BCUT2D eigenvalue weighted by atomic mass is 9.51. The number of alkyl carbamates (subject to hydrolysis) is 2. The molecule has 2 aliphatic heterocycles. The first-order valence-corrected chi connectivity index (χ1v) is 24.1. The van der Waals surface area contributed by atoms with Crippen molar-refractivity contribution in [3.05, 3.63) is 114 Å². The number of H-pyrrole nitrogens is 1. The highest BCUT2D eigenvalue weighted by Gasteiger charge is 2.53. The van der Waals surface area contributed by atoms with E-state index in [-0.39, 0.29) is 35.2 Å². The predicted octanol–water partition coefficient (Wildman–Crippen LogP) is 8.97. The maximum absolute atomic E-state index is 14.2. The first kappa shape index (κ1) is 47.3. The molecule has 3 saturated carbocycles. The van der Waals surface area contributed by atoms with E-state index in [0.29, 0.717) is 36.6 Å². The van der Waals surface area contributed by atoms with Gasteiger partial charge in [-0.25, -0.2) is 14.6 Å². The van der Waals surface area contributed by atoms with Crippen LogP contribution in [0.5, 0.6) is 0 Å². The molecule has 5 aliphatic rings. The molecule has 5 fully saturated rings. The van der Waals surface area contributed by atoms with Gasteiger partial charge in [0.2, 0.25) is 11.8 Å². The van der Waals surface area contributed by atoms with E-state index >= 15 is 0 Å². The number of nitrogens with zero attached hydrogens (tertiary/aromatic N) is 3. The number of carbonyl (C=O) groups excluding carboxylic acids is 5. The van der Waals surface area contributed by atoms with Crippen LogP contribution in [-0.2, 0) is 29.3 Å². The summed E-state index contributed by atoms with van der Waals surface area (Å²) in [6, 6.07) is 24.9. The molecule has 0 radical (unpaired) electrons. The standard InChI is InChI=1S/C53H67N7O7/c1-50(2,3)66-48(64)57-42(36-15-9-7-10-16-36)45(61)59-31-13-19-39(59)33-55-47(63)53-28-25-52(26-29-53,27-30-53)38-23-21-35(22-24-38)40-34-54-44(56-40)41-20-14-32-60(41)46(62)43(37-17-11-8-12-18-37)58-49(65)67-51(4,5)6/h7-12,15-18,21-24,34,39,41-43H,13-14,19-20,25-33H2,1-6H3,(H,54,56)(H,55,63)(H,57,64)(H,58,65)/t39-,41-,42+,43+,52?,53?/m0/s1. The topological polar surface area (TPSA) is 175 Å². The average Bonchev–Trinajstić information content (AvgIpc) is 4.11. The minimum Gasteiger partial charge on any atom is -0.444 e. The molecule has 14 heteroatoms. The van der Waals surface area contributed by atoms with Crippen LogP contribution in [-0.4, -0.2) is 86.6 Å². The summed E-state index contributed by atoms with van der Waals surface area (Å²) in [5.41, 5.74) is 2.67. The van der Waals surface area contributed by atoms with Crippen molar-refractivity contribution in [1.29, 1.82) is 0 Å². The molecular formula is C53H67N7O7. The van der Waals surface area contributed by atoms with Crippen LogP contribution < -0.4 is 16.0 Å². The zero-order valence-corrected chi connectivity index (χ0v) is 39.9. The summed E-state index contributed by atoms with van der Waals surface area (Å²) in [6.07, 6.45) is 8.88. The van der Waals surface area contributed by atoms with Crippen LogP contribution in [0.15, 0.2) is 91.1 Å². The zero-order chi connectivity index (χ0) is 47.6. The minimum absolute atomic E-state index is 0.00924. The number of carbonyl (C=O) groups is 5. The molecule has 5 amide bonds. The third-order valence-corrected chi connectivity index (χ3v) is 14.2. The van der Waals surface area contributed by atoms with E-state index in [1.54, 1.807) is 41.5 Å². The molecule has 4 atom stereocenters. The first-order chi connectivity index (χ1) is 31.9. The molecule has 0 spiro atoms. The Morgan fingerprint density at radius 1 is 0.687 bits per heavy atom. The van der Waals surface area contributed by atoms with Gasteiger partial charge >= 0.3 is 12.2 Å². The third-order valence-electron chi connectivity index (χ3n) is 14.2. The number of imidazole rings is 1. The second kappa shape index (κ2) is 19.2. The Morgan fingerprint density at radius 3 is 1.73 bits per heavy atom. The third kappa shape index (κ3) is 10.7. The Labute approximate surface area is 394 Å². The van der Waals surface area contributed by atoms with Crippen LogP contribution in [0.1, 0.15) is 146 Å². The number of fused-ring (bicyclic) bond motifs is 3. The lowest BCUT2D eigenvalue weighted by Gasteiger charge is -2.53. The van der Waals surface area contributed by atoms with Gasteiger partial charge in [-0.1, -0.05) is 84.9 Å². The van der Waals surface area contributed by atoms with Gasteiger partial charge in [0, 0.05) is 31.1 Å². The number of aromatic amines is 1. The molecule has 2 bridgehead atoms. The second-order valence-corrected chi connectivity index (χ2v) is 21.0. The monoisotopic (exact) mass is 914 g/mol. The highest BCUT2D eigenvalue weighted by molar-refractivity contribution is 5.89. The second-order valence-electron chi connectivity index (χ2n) is 21.0. The highest BCUT2D eigenvalue weighted by Crippen LogP contribution is 2.58. The largest absolute Gasteiger partial charge is 0.444 e. The number of ether oxygens (including phenoxy) is 2. The van der Waals surface area contributed by atoms with E-state index in [0.717, 1.165) is 75.5 Å². The molecular weight excluding hydrogens is 847 g/mol. The fourth-order valence-electron chi connectivity index (χ4n) is 10.7. The summed E-state index contributed by atoms with van der Waals surface area (Å²) < 4.78 is 11.0. The molecule has 3 aromatic carbocycles. The van der Waals surface area contributed by atoms with Crippen LogP contribution in [0.2, 0.25) is 0 Å². The molecule has 1 aromatic heterocycles. The van der Waals surface area contributed by atoms with E-state index in [1.807, 2.05) is 76.7 Å². The molecule has 2 saturated heterocycles. The SMILES string of the molecule is CC(C)(C)OC(=O)N[C@@H](C(=O)N1CCC[C@H]1CNC(=O)C12CCC(c3ccc(-c4cnc([C@@H]5CCCN5C(=O)[C@H](NC(=O)OC(C)(C)C)c5ccccc5)[nH]4)cc3)(CC1)CC2)c1ccccc1. The van der Waals surface area contributed by atoms with Crippen LogP contribution in [0.25, 0.3) is 11.3 Å². The fraction of sp³-hybridized carbons (Fsp3) is 0.509. The molecule has 3 heterocycles. The molecule has 9 rings (SSSR count). The number of rotatable bonds is 12. The van der Waals surface area contributed by atoms with Gasteiger partial charge in [-0.3, -0.25) is 14.4 Å². The number of hydrogen-bond acceptors (Lipinski definition) is 8. The number of nitrogens with one attached hydrogen (secondary N) is 4. The molecule has 4 N–H and O–H groups in total. The van der Waals surface area contributed by atoms with Gasteiger partial charge in [-0.15, -0.1) is 0 Å². The predicted molar refractivity (Wildman–Crippen MR) is 254 cm³/mol. The minimum atomic E-state index is -0.909. The maximum atomic E-state index is 14.2. The summed E-state index contributed by atoms with van der Waals surface area (Å²) in [5, 5.41) is 8.93. The number of amides is 5.